The van der Waals surface area contributed by atoms with Crippen molar-refractivity contribution in [2.24, 2.45) is 0 Å². The van der Waals surface area contributed by atoms with Gasteiger partial charge in [-0.2, -0.15) is 13.2 Å². The normalized spacial score (nSPS) is 15.1. The molecular formula is C25H17BrF3NO3S2. The SMILES string of the molecule is COc1cc(/C=C2\SC(=S)N(c3cccc(C(F)(F)F)c3)C2=O)cc(Br)c1OCc1ccccc1. The zero-order valence-corrected chi connectivity index (χ0v) is 21.4. The van der Waals surface area contributed by atoms with Gasteiger partial charge >= 0.3 is 6.18 Å². The van der Waals surface area contributed by atoms with E-state index >= 15 is 0 Å². The van der Waals surface area contributed by atoms with E-state index in [1.807, 2.05) is 30.3 Å². The Bertz CT molecular complexity index is 1310. The minimum absolute atomic E-state index is 0.0640. The average molecular weight is 580 g/mol. The van der Waals surface area contributed by atoms with Gasteiger partial charge in [0.25, 0.3) is 5.91 Å². The van der Waals surface area contributed by atoms with E-state index < -0.39 is 17.6 Å². The number of hydrogen-bond donors (Lipinski definition) is 0. The van der Waals surface area contributed by atoms with Crippen molar-refractivity contribution < 1.29 is 27.4 Å². The summed E-state index contributed by atoms with van der Waals surface area (Å²) in [7, 11) is 1.51. The smallest absolute Gasteiger partial charge is 0.416 e. The predicted molar refractivity (Wildman–Crippen MR) is 139 cm³/mol. The zero-order valence-electron chi connectivity index (χ0n) is 18.1. The number of anilines is 1. The average Bonchev–Trinajstić information content (AvgIpc) is 3.10. The van der Waals surface area contributed by atoms with Crippen molar-refractivity contribution >= 4 is 61.9 Å². The maximum absolute atomic E-state index is 13.1. The van der Waals surface area contributed by atoms with Gasteiger partial charge in [-0.25, -0.2) is 0 Å². The first-order valence-electron chi connectivity index (χ1n) is 10.2. The molecule has 0 bridgehead atoms. The van der Waals surface area contributed by atoms with Crippen molar-refractivity contribution in [3.8, 4) is 11.5 Å². The third-order valence-corrected chi connectivity index (χ3v) is 6.89. The molecule has 4 rings (SSSR count). The lowest BCUT2D eigenvalue weighted by Crippen LogP contribution is -2.27. The molecule has 0 aliphatic carbocycles. The molecule has 35 heavy (non-hydrogen) atoms. The van der Waals surface area contributed by atoms with E-state index in [9.17, 15) is 18.0 Å². The fourth-order valence-electron chi connectivity index (χ4n) is 3.36. The van der Waals surface area contributed by atoms with Crippen molar-refractivity contribution in [1.82, 2.24) is 0 Å². The number of amides is 1. The van der Waals surface area contributed by atoms with Gasteiger partial charge in [0.15, 0.2) is 15.8 Å². The minimum atomic E-state index is -4.53. The molecule has 0 N–H and O–H groups in total. The fourth-order valence-corrected chi connectivity index (χ4v) is 5.23. The van der Waals surface area contributed by atoms with Gasteiger partial charge in [-0.1, -0.05) is 60.4 Å². The molecule has 1 amide bonds. The third kappa shape index (κ3) is 5.71. The van der Waals surface area contributed by atoms with E-state index in [2.05, 4.69) is 15.9 Å². The second-order valence-corrected chi connectivity index (χ2v) is 9.90. The van der Waals surface area contributed by atoms with E-state index in [0.29, 0.717) is 28.1 Å². The number of benzene rings is 3. The summed E-state index contributed by atoms with van der Waals surface area (Å²) in [6.45, 7) is 0.338. The van der Waals surface area contributed by atoms with Crippen LogP contribution in [0.2, 0.25) is 0 Å². The Hall–Kier alpha value is -2.82. The molecule has 0 aromatic heterocycles. The van der Waals surface area contributed by atoms with Crippen molar-refractivity contribution in [2.45, 2.75) is 12.8 Å². The molecule has 0 saturated carbocycles. The highest BCUT2D eigenvalue weighted by Gasteiger charge is 2.36. The zero-order chi connectivity index (χ0) is 25.2. The maximum Gasteiger partial charge on any atom is 0.416 e. The van der Waals surface area contributed by atoms with Gasteiger partial charge in [-0.3, -0.25) is 9.69 Å². The topological polar surface area (TPSA) is 38.8 Å². The molecule has 1 aliphatic heterocycles. The van der Waals surface area contributed by atoms with Gasteiger partial charge < -0.3 is 9.47 Å². The molecule has 0 atom stereocenters. The van der Waals surface area contributed by atoms with Crippen LogP contribution in [0.15, 0.2) is 76.1 Å². The highest BCUT2D eigenvalue weighted by Crippen LogP contribution is 2.41. The van der Waals surface area contributed by atoms with Crippen LogP contribution in [0, 0.1) is 0 Å². The number of carbonyl (C=O) groups is 1. The Morgan fingerprint density at radius 3 is 2.51 bits per heavy atom. The number of halogens is 4. The van der Waals surface area contributed by atoms with Crippen LogP contribution in [0.25, 0.3) is 6.08 Å². The standard InChI is InChI=1S/C25H17BrF3NO3S2/c1-32-20-11-16(10-19(26)22(20)33-14-15-6-3-2-4-7-15)12-21-23(31)30(24(34)35-21)18-9-5-8-17(13-18)25(27,28)29/h2-13H,14H2,1H3/b21-12-. The number of carbonyl (C=O) groups excluding carboxylic acids is 1. The number of hydrogen-bond acceptors (Lipinski definition) is 5. The molecule has 0 spiro atoms. The van der Waals surface area contributed by atoms with Crippen LogP contribution in [-0.2, 0) is 17.6 Å². The summed E-state index contributed by atoms with van der Waals surface area (Å²) in [4.78, 5) is 14.4. The van der Waals surface area contributed by atoms with Crippen molar-refractivity contribution in [2.75, 3.05) is 12.0 Å². The summed E-state index contributed by atoms with van der Waals surface area (Å²) in [5.74, 6) is 0.457. The molecular weight excluding hydrogens is 563 g/mol. The van der Waals surface area contributed by atoms with Gasteiger partial charge in [-0.05, 0) is 63.5 Å². The Morgan fingerprint density at radius 2 is 1.83 bits per heavy atom. The molecule has 0 radical (unpaired) electrons. The number of ether oxygens (including phenoxy) is 2. The molecule has 3 aromatic rings. The van der Waals surface area contributed by atoms with E-state index in [-0.39, 0.29) is 14.9 Å². The summed E-state index contributed by atoms with van der Waals surface area (Å²) >= 11 is 9.81. The van der Waals surface area contributed by atoms with Crippen LogP contribution in [0.5, 0.6) is 11.5 Å². The van der Waals surface area contributed by atoms with Crippen LogP contribution in [-0.4, -0.2) is 17.3 Å². The first-order chi connectivity index (χ1) is 16.7. The van der Waals surface area contributed by atoms with Crippen LogP contribution in [0.3, 0.4) is 0 Å². The van der Waals surface area contributed by atoms with E-state index in [1.54, 1.807) is 18.2 Å². The number of rotatable bonds is 6. The Morgan fingerprint density at radius 1 is 1.09 bits per heavy atom. The molecule has 180 valence electrons. The Kier molecular flexibility index (Phi) is 7.53. The van der Waals surface area contributed by atoms with Gasteiger partial charge in [0.05, 0.1) is 27.7 Å². The summed E-state index contributed by atoms with van der Waals surface area (Å²) in [5.41, 5.74) is 0.830. The Labute approximate surface area is 217 Å². The molecule has 1 fully saturated rings. The molecule has 0 unspecified atom stereocenters. The van der Waals surface area contributed by atoms with Crippen LogP contribution in [0.1, 0.15) is 16.7 Å². The van der Waals surface area contributed by atoms with Gasteiger partial charge in [0, 0.05) is 0 Å². The fraction of sp³-hybridized carbons (Fsp3) is 0.120. The van der Waals surface area contributed by atoms with E-state index in [0.717, 1.165) is 34.4 Å². The maximum atomic E-state index is 13.1. The number of alkyl halides is 3. The van der Waals surface area contributed by atoms with Crippen molar-refractivity contribution in [3.05, 3.63) is 92.8 Å². The second kappa shape index (κ2) is 10.4. The van der Waals surface area contributed by atoms with Gasteiger partial charge in [0.2, 0.25) is 0 Å². The Balaban J connectivity index is 1.59. The summed E-state index contributed by atoms with van der Waals surface area (Å²) in [6, 6.07) is 17.6. The van der Waals surface area contributed by atoms with Crippen molar-refractivity contribution in [1.29, 1.82) is 0 Å². The molecule has 1 saturated heterocycles. The predicted octanol–water partition coefficient (Wildman–Crippen LogP) is 7.46. The van der Waals surface area contributed by atoms with E-state index in [1.165, 1.54) is 19.2 Å². The van der Waals surface area contributed by atoms with Crippen molar-refractivity contribution in [3.63, 3.8) is 0 Å². The first-order valence-corrected chi connectivity index (χ1v) is 12.2. The first kappa shape index (κ1) is 25.3. The number of methoxy groups -OCH3 is 1. The highest BCUT2D eigenvalue weighted by atomic mass is 79.9. The summed E-state index contributed by atoms with van der Waals surface area (Å²) < 4.78 is 51.6. The van der Waals surface area contributed by atoms with Gasteiger partial charge in [-0.15, -0.1) is 0 Å². The number of nitrogens with zero attached hydrogens (tertiary/aromatic N) is 1. The number of thiocarbonyl (C=S) groups is 1. The van der Waals surface area contributed by atoms with Gasteiger partial charge in [0.1, 0.15) is 6.61 Å². The lowest BCUT2D eigenvalue weighted by molar-refractivity contribution is -0.137. The van der Waals surface area contributed by atoms with Crippen LogP contribution >= 0.6 is 39.9 Å². The largest absolute Gasteiger partial charge is 0.493 e. The quantitative estimate of drug-likeness (QED) is 0.224. The monoisotopic (exact) mass is 579 g/mol. The highest BCUT2D eigenvalue weighted by molar-refractivity contribution is 9.10. The lowest BCUT2D eigenvalue weighted by atomic mass is 10.1. The lowest BCUT2D eigenvalue weighted by Gasteiger charge is -2.16. The summed E-state index contributed by atoms with van der Waals surface area (Å²) in [6.07, 6.45) is -2.92. The summed E-state index contributed by atoms with van der Waals surface area (Å²) in [5, 5.41) is 0. The third-order valence-electron chi connectivity index (χ3n) is 5.00. The molecule has 1 heterocycles. The second-order valence-electron chi connectivity index (χ2n) is 7.37. The number of thioether (sulfide) groups is 1. The molecule has 1 aliphatic rings. The molecule has 4 nitrogen and oxygen atoms in total. The van der Waals surface area contributed by atoms with E-state index in [4.69, 9.17) is 21.7 Å². The van der Waals surface area contributed by atoms with Crippen LogP contribution < -0.4 is 14.4 Å². The molecule has 3 aromatic carbocycles. The van der Waals surface area contributed by atoms with Crippen LogP contribution in [0.4, 0.5) is 18.9 Å². The minimum Gasteiger partial charge on any atom is -0.493 e. The molecule has 10 heteroatoms.